The van der Waals surface area contributed by atoms with Gasteiger partial charge in [-0.1, -0.05) is 170 Å². The molecule has 0 aliphatic rings. The first-order chi connectivity index (χ1) is 24.8. The highest BCUT2D eigenvalue weighted by molar-refractivity contribution is 6.25. The van der Waals surface area contributed by atoms with E-state index in [1.54, 1.807) is 0 Å². The van der Waals surface area contributed by atoms with Crippen LogP contribution in [0.25, 0.3) is 98.4 Å². The Labute approximate surface area is 291 Å². The zero-order chi connectivity index (χ0) is 33.0. The van der Waals surface area contributed by atoms with Gasteiger partial charge in [0.1, 0.15) is 0 Å². The van der Waals surface area contributed by atoms with Gasteiger partial charge in [0.25, 0.3) is 0 Å². The molecule has 10 aromatic carbocycles. The molecule has 10 rings (SSSR count). The molecule has 50 heavy (non-hydrogen) atoms. The normalized spacial score (nSPS) is 11.6. The summed E-state index contributed by atoms with van der Waals surface area (Å²) in [6.45, 7) is 0. The van der Waals surface area contributed by atoms with E-state index in [0.717, 1.165) is 0 Å². The summed E-state index contributed by atoms with van der Waals surface area (Å²) in [6, 6.07) is 71.3. The fourth-order valence-electron chi connectivity index (χ4n) is 8.09. The van der Waals surface area contributed by atoms with Gasteiger partial charge in [-0.25, -0.2) is 0 Å². The Hall–Kier alpha value is -6.50. The molecule has 0 atom stereocenters. The van der Waals surface area contributed by atoms with Crippen molar-refractivity contribution in [2.24, 2.45) is 0 Å². The standard InChI is InChI=1S/C50H32/c1-2-14-34-29-38(28-27-33(34)13-1)36-17-11-16-35(30-36)37-18-12-19-40(31-37)49-44-23-7-9-25-46(44)50(47-26-10-8-24-45(47)49)48-32-39-15-3-4-20-41(39)42-21-5-6-22-43(42)48/h1-32H. The minimum atomic E-state index is 1.21. The minimum Gasteiger partial charge on any atom is -0.0616 e. The van der Waals surface area contributed by atoms with Crippen LogP contribution in [0.3, 0.4) is 0 Å². The van der Waals surface area contributed by atoms with E-state index in [2.05, 4.69) is 194 Å². The summed E-state index contributed by atoms with van der Waals surface area (Å²) in [5, 5.41) is 12.7. The predicted molar refractivity (Wildman–Crippen MR) is 216 cm³/mol. The van der Waals surface area contributed by atoms with Crippen LogP contribution in [-0.2, 0) is 0 Å². The summed E-state index contributed by atoms with van der Waals surface area (Å²) < 4.78 is 0. The lowest BCUT2D eigenvalue weighted by Crippen LogP contribution is -1.92. The van der Waals surface area contributed by atoms with Crippen molar-refractivity contribution in [1.29, 1.82) is 0 Å². The molecular formula is C50H32. The predicted octanol–water partition coefficient (Wildman–Crippen LogP) is 14.1. The van der Waals surface area contributed by atoms with Crippen LogP contribution in [0.1, 0.15) is 0 Å². The average Bonchev–Trinajstić information content (AvgIpc) is 3.19. The lowest BCUT2D eigenvalue weighted by Gasteiger charge is -2.20. The van der Waals surface area contributed by atoms with Gasteiger partial charge in [0.15, 0.2) is 0 Å². The van der Waals surface area contributed by atoms with E-state index in [0.29, 0.717) is 0 Å². The molecule has 0 heterocycles. The van der Waals surface area contributed by atoms with Crippen molar-refractivity contribution in [2.75, 3.05) is 0 Å². The van der Waals surface area contributed by atoms with Gasteiger partial charge >= 0.3 is 0 Å². The van der Waals surface area contributed by atoms with E-state index in [1.807, 2.05) is 0 Å². The molecular weight excluding hydrogens is 601 g/mol. The summed E-state index contributed by atoms with van der Waals surface area (Å²) in [5.41, 5.74) is 9.95. The van der Waals surface area contributed by atoms with Gasteiger partial charge in [-0.05, 0) is 123 Å². The Balaban J connectivity index is 1.18. The van der Waals surface area contributed by atoms with Gasteiger partial charge < -0.3 is 0 Å². The topological polar surface area (TPSA) is 0 Å². The van der Waals surface area contributed by atoms with Gasteiger partial charge in [-0.15, -0.1) is 0 Å². The molecule has 232 valence electrons. The maximum atomic E-state index is 2.40. The number of hydrogen-bond acceptors (Lipinski definition) is 0. The summed E-state index contributed by atoms with van der Waals surface area (Å²) in [4.78, 5) is 0. The third-order valence-corrected chi connectivity index (χ3v) is 10.4. The summed E-state index contributed by atoms with van der Waals surface area (Å²) in [7, 11) is 0. The number of fused-ring (bicyclic) bond motifs is 6. The lowest BCUT2D eigenvalue weighted by molar-refractivity contribution is 1.59. The maximum Gasteiger partial charge on any atom is -0.00199 e. The highest BCUT2D eigenvalue weighted by atomic mass is 14.2. The summed E-state index contributed by atoms with van der Waals surface area (Å²) >= 11 is 0. The van der Waals surface area contributed by atoms with E-state index >= 15 is 0 Å². The second-order valence-electron chi connectivity index (χ2n) is 13.3. The zero-order valence-corrected chi connectivity index (χ0v) is 27.5. The molecule has 0 amide bonds. The van der Waals surface area contributed by atoms with E-state index in [1.165, 1.54) is 98.4 Å². The first kappa shape index (κ1) is 28.5. The van der Waals surface area contributed by atoms with Gasteiger partial charge in [0.05, 0.1) is 0 Å². The van der Waals surface area contributed by atoms with Crippen molar-refractivity contribution in [2.45, 2.75) is 0 Å². The average molecular weight is 633 g/mol. The fourth-order valence-corrected chi connectivity index (χ4v) is 8.09. The van der Waals surface area contributed by atoms with E-state index in [9.17, 15) is 0 Å². The Bertz CT molecular complexity index is 2870. The molecule has 0 N–H and O–H groups in total. The van der Waals surface area contributed by atoms with E-state index in [-0.39, 0.29) is 0 Å². The maximum absolute atomic E-state index is 2.40. The zero-order valence-electron chi connectivity index (χ0n) is 27.5. The van der Waals surface area contributed by atoms with Crippen LogP contribution in [0.2, 0.25) is 0 Å². The molecule has 0 spiro atoms. The largest absolute Gasteiger partial charge is 0.0616 e. The molecule has 10 aromatic rings. The molecule has 0 nitrogen and oxygen atoms in total. The van der Waals surface area contributed by atoms with E-state index < -0.39 is 0 Å². The Morgan fingerprint density at radius 2 is 0.640 bits per heavy atom. The highest BCUT2D eigenvalue weighted by Gasteiger charge is 2.19. The van der Waals surface area contributed by atoms with Gasteiger partial charge in [0, 0.05) is 0 Å². The molecule has 0 aromatic heterocycles. The van der Waals surface area contributed by atoms with Crippen molar-refractivity contribution < 1.29 is 0 Å². The fraction of sp³-hybridized carbons (Fsp3) is 0. The van der Waals surface area contributed by atoms with Crippen molar-refractivity contribution >= 4 is 53.9 Å². The second kappa shape index (κ2) is 11.6. The minimum absolute atomic E-state index is 1.21. The molecule has 0 bridgehead atoms. The van der Waals surface area contributed by atoms with Gasteiger partial charge in [0.2, 0.25) is 0 Å². The summed E-state index contributed by atoms with van der Waals surface area (Å²) in [5.74, 6) is 0. The quantitative estimate of drug-likeness (QED) is 0.134. The van der Waals surface area contributed by atoms with Crippen molar-refractivity contribution in [1.82, 2.24) is 0 Å². The van der Waals surface area contributed by atoms with E-state index in [4.69, 9.17) is 0 Å². The molecule has 0 unspecified atom stereocenters. The van der Waals surface area contributed by atoms with Crippen LogP contribution in [0.15, 0.2) is 194 Å². The van der Waals surface area contributed by atoms with Gasteiger partial charge in [-0.2, -0.15) is 0 Å². The first-order valence-electron chi connectivity index (χ1n) is 17.3. The Morgan fingerprint density at radius 1 is 0.200 bits per heavy atom. The molecule has 0 saturated carbocycles. The van der Waals surface area contributed by atoms with Crippen LogP contribution in [0.5, 0.6) is 0 Å². The number of hydrogen-bond donors (Lipinski definition) is 0. The first-order valence-corrected chi connectivity index (χ1v) is 17.3. The van der Waals surface area contributed by atoms with Crippen LogP contribution in [0.4, 0.5) is 0 Å². The SMILES string of the molecule is c1cc(-c2cccc(-c3c4ccccc4c(-c4cc5ccccc5c5ccccc45)c4ccccc34)c2)cc(-c2ccc3ccccc3c2)c1. The van der Waals surface area contributed by atoms with Crippen LogP contribution in [-0.4, -0.2) is 0 Å². The van der Waals surface area contributed by atoms with Gasteiger partial charge in [-0.3, -0.25) is 0 Å². The second-order valence-corrected chi connectivity index (χ2v) is 13.3. The van der Waals surface area contributed by atoms with Crippen LogP contribution < -0.4 is 0 Å². The molecule has 0 fully saturated rings. The molecule has 0 aliphatic carbocycles. The third-order valence-electron chi connectivity index (χ3n) is 10.4. The third kappa shape index (κ3) is 4.61. The van der Waals surface area contributed by atoms with Crippen molar-refractivity contribution in [3.05, 3.63) is 194 Å². The Kier molecular flexibility index (Phi) is 6.60. The Morgan fingerprint density at radius 3 is 1.28 bits per heavy atom. The summed E-state index contributed by atoms with van der Waals surface area (Å²) in [6.07, 6.45) is 0. The van der Waals surface area contributed by atoms with Crippen LogP contribution in [0, 0.1) is 0 Å². The number of rotatable bonds is 4. The smallest absolute Gasteiger partial charge is 0.00199 e. The lowest BCUT2D eigenvalue weighted by atomic mass is 9.83. The van der Waals surface area contributed by atoms with Crippen LogP contribution >= 0.6 is 0 Å². The molecule has 0 heteroatoms. The van der Waals surface area contributed by atoms with Crippen molar-refractivity contribution in [3.63, 3.8) is 0 Å². The molecule has 0 radical (unpaired) electrons. The highest BCUT2D eigenvalue weighted by Crippen LogP contribution is 2.47. The molecule has 0 aliphatic heterocycles. The number of benzene rings is 10. The van der Waals surface area contributed by atoms with Crippen molar-refractivity contribution in [3.8, 4) is 44.5 Å². The molecule has 0 saturated heterocycles. The monoisotopic (exact) mass is 632 g/mol.